The van der Waals surface area contributed by atoms with Crippen LogP contribution in [0.25, 0.3) is 11.0 Å². The standard InChI is InChI=1S/C24H25F2N5O2/c1-13-23(32)30-21-18(27-13)6-2-15(20(21)25)12-31-10-8-14(9-11-31)17-5-7-19(29-22(17)26)24(33)28-16-3-4-16/h2,5-7,14,16H,3-4,8-12H2,1H3,(H,28,33)(H,30,32). The maximum absolute atomic E-state index is 15.0. The molecule has 0 bridgehead atoms. The zero-order valence-corrected chi connectivity index (χ0v) is 18.3. The number of amides is 1. The van der Waals surface area contributed by atoms with Crippen LogP contribution in [0.1, 0.15) is 58.9 Å². The maximum Gasteiger partial charge on any atom is 0.270 e. The van der Waals surface area contributed by atoms with Crippen LogP contribution in [0.15, 0.2) is 29.1 Å². The van der Waals surface area contributed by atoms with Crippen molar-refractivity contribution in [2.45, 2.75) is 51.1 Å². The largest absolute Gasteiger partial charge is 0.348 e. The molecule has 0 radical (unpaired) electrons. The van der Waals surface area contributed by atoms with Gasteiger partial charge in [0.15, 0.2) is 5.82 Å². The Balaban J connectivity index is 1.24. The number of hydrogen-bond acceptors (Lipinski definition) is 5. The first-order valence-corrected chi connectivity index (χ1v) is 11.3. The summed E-state index contributed by atoms with van der Waals surface area (Å²) in [6.07, 6.45) is 3.34. The number of fused-ring (bicyclic) bond motifs is 1. The van der Waals surface area contributed by atoms with Crippen molar-refractivity contribution < 1.29 is 13.6 Å². The minimum Gasteiger partial charge on any atom is -0.348 e. The Morgan fingerprint density at radius 1 is 1.12 bits per heavy atom. The summed E-state index contributed by atoms with van der Waals surface area (Å²) in [7, 11) is 0. The van der Waals surface area contributed by atoms with Crippen molar-refractivity contribution in [3.8, 4) is 0 Å². The second kappa shape index (κ2) is 8.62. The van der Waals surface area contributed by atoms with E-state index in [1.165, 1.54) is 0 Å². The first-order valence-electron chi connectivity index (χ1n) is 11.3. The van der Waals surface area contributed by atoms with Crippen molar-refractivity contribution in [1.29, 1.82) is 0 Å². The molecule has 1 amide bonds. The van der Waals surface area contributed by atoms with Crippen LogP contribution in [0, 0.1) is 18.7 Å². The number of nitrogens with one attached hydrogen (secondary N) is 2. The Kier molecular flexibility index (Phi) is 5.65. The molecule has 7 nitrogen and oxygen atoms in total. The predicted molar refractivity (Wildman–Crippen MR) is 119 cm³/mol. The van der Waals surface area contributed by atoms with Gasteiger partial charge in [0.1, 0.15) is 16.9 Å². The maximum atomic E-state index is 15.0. The molecule has 33 heavy (non-hydrogen) atoms. The van der Waals surface area contributed by atoms with Gasteiger partial charge in [0.2, 0.25) is 5.95 Å². The SMILES string of the molecule is Cc1nc2ccc(CN3CCC(c4ccc(C(=O)NC5CC5)nc4F)CC3)c(F)c2[nH]c1=O. The topological polar surface area (TPSA) is 91.0 Å². The fourth-order valence-corrected chi connectivity index (χ4v) is 4.38. The molecule has 1 saturated heterocycles. The summed E-state index contributed by atoms with van der Waals surface area (Å²) in [6.45, 7) is 3.33. The highest BCUT2D eigenvalue weighted by Crippen LogP contribution is 2.31. The van der Waals surface area contributed by atoms with Crippen molar-refractivity contribution in [3.05, 3.63) is 68.9 Å². The third kappa shape index (κ3) is 4.50. The molecule has 0 atom stereocenters. The average Bonchev–Trinajstić information content (AvgIpc) is 3.62. The van der Waals surface area contributed by atoms with Crippen molar-refractivity contribution in [1.82, 2.24) is 25.2 Å². The Hall–Kier alpha value is -3.20. The summed E-state index contributed by atoms with van der Waals surface area (Å²) in [5.41, 5.74) is 1.56. The van der Waals surface area contributed by atoms with E-state index in [4.69, 9.17) is 0 Å². The van der Waals surface area contributed by atoms with Gasteiger partial charge in [-0.1, -0.05) is 12.1 Å². The van der Waals surface area contributed by atoms with Gasteiger partial charge in [-0.2, -0.15) is 4.39 Å². The van der Waals surface area contributed by atoms with Crippen LogP contribution >= 0.6 is 0 Å². The number of carbonyl (C=O) groups excluding carboxylic acids is 1. The molecule has 9 heteroatoms. The molecule has 0 unspecified atom stereocenters. The fourth-order valence-electron chi connectivity index (χ4n) is 4.38. The second-order valence-corrected chi connectivity index (χ2v) is 8.96. The van der Waals surface area contributed by atoms with Gasteiger partial charge >= 0.3 is 0 Å². The molecule has 2 aromatic heterocycles. The van der Waals surface area contributed by atoms with Gasteiger partial charge in [-0.15, -0.1) is 0 Å². The smallest absolute Gasteiger partial charge is 0.270 e. The number of rotatable bonds is 5. The molecular weight excluding hydrogens is 428 g/mol. The van der Waals surface area contributed by atoms with Crippen LogP contribution in [0.4, 0.5) is 8.78 Å². The van der Waals surface area contributed by atoms with E-state index in [1.54, 1.807) is 31.2 Å². The minimum absolute atomic E-state index is 0.000672. The number of hydrogen-bond donors (Lipinski definition) is 2. The molecule has 1 aromatic carbocycles. The number of carbonyl (C=O) groups is 1. The molecule has 2 fully saturated rings. The highest BCUT2D eigenvalue weighted by molar-refractivity contribution is 5.92. The number of halogens is 2. The molecule has 5 rings (SSSR count). The van der Waals surface area contributed by atoms with E-state index >= 15 is 0 Å². The van der Waals surface area contributed by atoms with E-state index in [2.05, 4.69) is 25.2 Å². The molecule has 1 saturated carbocycles. The summed E-state index contributed by atoms with van der Waals surface area (Å²) >= 11 is 0. The molecule has 2 N–H and O–H groups in total. The normalized spacial score (nSPS) is 17.4. The van der Waals surface area contributed by atoms with Gasteiger partial charge in [-0.25, -0.2) is 14.4 Å². The molecule has 1 aliphatic carbocycles. The first-order chi connectivity index (χ1) is 15.9. The molecule has 0 spiro atoms. The number of aryl methyl sites for hydroxylation is 1. The second-order valence-electron chi connectivity index (χ2n) is 8.96. The Labute approximate surface area is 189 Å². The molecule has 1 aliphatic heterocycles. The zero-order chi connectivity index (χ0) is 23.1. The molecular formula is C24H25F2N5O2. The van der Waals surface area contributed by atoms with Crippen LogP contribution < -0.4 is 10.9 Å². The Bertz CT molecular complexity index is 1280. The van der Waals surface area contributed by atoms with E-state index in [0.29, 0.717) is 54.8 Å². The van der Waals surface area contributed by atoms with Gasteiger partial charge in [-0.3, -0.25) is 14.5 Å². The highest BCUT2D eigenvalue weighted by atomic mass is 19.1. The number of aromatic amines is 1. The summed E-state index contributed by atoms with van der Waals surface area (Å²) in [4.78, 5) is 36.7. The van der Waals surface area contributed by atoms with E-state index in [-0.39, 0.29) is 29.1 Å². The zero-order valence-electron chi connectivity index (χ0n) is 18.3. The highest BCUT2D eigenvalue weighted by Gasteiger charge is 2.27. The fraction of sp³-hybridized carbons (Fsp3) is 0.417. The molecule has 2 aliphatic rings. The van der Waals surface area contributed by atoms with Gasteiger partial charge in [-0.05, 0) is 63.7 Å². The molecule has 172 valence electrons. The third-order valence-corrected chi connectivity index (χ3v) is 6.50. The number of aromatic nitrogens is 3. The van der Waals surface area contributed by atoms with Crippen LogP contribution in [0.3, 0.4) is 0 Å². The summed E-state index contributed by atoms with van der Waals surface area (Å²) < 4.78 is 29.7. The number of likely N-dealkylation sites (tertiary alicyclic amines) is 1. The van der Waals surface area contributed by atoms with Crippen molar-refractivity contribution in [2.75, 3.05) is 13.1 Å². The van der Waals surface area contributed by atoms with Crippen molar-refractivity contribution in [3.63, 3.8) is 0 Å². The van der Waals surface area contributed by atoms with Crippen LogP contribution in [-0.2, 0) is 6.54 Å². The van der Waals surface area contributed by atoms with E-state index in [1.807, 2.05) is 0 Å². The van der Waals surface area contributed by atoms with E-state index < -0.39 is 17.3 Å². The summed E-state index contributed by atoms with van der Waals surface area (Å²) in [6, 6.07) is 6.86. The first kappa shape index (κ1) is 21.6. The van der Waals surface area contributed by atoms with Crippen LogP contribution in [0.2, 0.25) is 0 Å². The Morgan fingerprint density at radius 2 is 1.88 bits per heavy atom. The van der Waals surface area contributed by atoms with E-state index in [0.717, 1.165) is 12.8 Å². The van der Waals surface area contributed by atoms with Gasteiger partial charge in [0, 0.05) is 23.7 Å². The molecule has 3 heterocycles. The summed E-state index contributed by atoms with van der Waals surface area (Å²) in [5.74, 6) is -1.39. The van der Waals surface area contributed by atoms with Gasteiger partial charge < -0.3 is 10.3 Å². The predicted octanol–water partition coefficient (Wildman–Crippen LogP) is 3.18. The van der Waals surface area contributed by atoms with Crippen molar-refractivity contribution >= 4 is 16.9 Å². The molecule has 3 aromatic rings. The van der Waals surface area contributed by atoms with E-state index in [9.17, 15) is 18.4 Å². The average molecular weight is 453 g/mol. The lowest BCUT2D eigenvalue weighted by atomic mass is 9.90. The van der Waals surface area contributed by atoms with Gasteiger partial charge in [0.05, 0.1) is 5.52 Å². The monoisotopic (exact) mass is 453 g/mol. The number of piperidine rings is 1. The van der Waals surface area contributed by atoms with Crippen molar-refractivity contribution in [2.24, 2.45) is 0 Å². The van der Waals surface area contributed by atoms with Crippen LogP contribution in [0.5, 0.6) is 0 Å². The lowest BCUT2D eigenvalue weighted by Crippen LogP contribution is -2.33. The summed E-state index contributed by atoms with van der Waals surface area (Å²) in [5, 5.41) is 2.82. The third-order valence-electron chi connectivity index (χ3n) is 6.50. The number of pyridine rings is 1. The minimum atomic E-state index is -0.593. The quantitative estimate of drug-likeness (QED) is 0.579. The number of nitrogens with zero attached hydrogens (tertiary/aromatic N) is 3. The lowest BCUT2D eigenvalue weighted by molar-refractivity contribution is 0.0944. The number of benzene rings is 1. The van der Waals surface area contributed by atoms with Crippen LogP contribution in [-0.4, -0.2) is 44.9 Å². The van der Waals surface area contributed by atoms with Gasteiger partial charge in [0.25, 0.3) is 11.5 Å². The Morgan fingerprint density at radius 3 is 2.58 bits per heavy atom. The number of H-pyrrole nitrogens is 1. The lowest BCUT2D eigenvalue weighted by Gasteiger charge is -2.32.